The van der Waals surface area contributed by atoms with E-state index in [1.54, 1.807) is 31.2 Å². The topological polar surface area (TPSA) is 156 Å². The average molecular weight is 400 g/mol. The summed E-state index contributed by atoms with van der Waals surface area (Å²) in [7, 11) is -9.12. The molecule has 10 heteroatoms. The summed E-state index contributed by atoms with van der Waals surface area (Å²) >= 11 is 0. The van der Waals surface area contributed by atoms with E-state index in [4.69, 9.17) is 10.8 Å². The van der Waals surface area contributed by atoms with Crippen LogP contribution in [0.5, 0.6) is 0 Å². The predicted molar refractivity (Wildman–Crippen MR) is 98.4 cm³/mol. The van der Waals surface area contributed by atoms with Crippen molar-refractivity contribution in [3.05, 3.63) is 46.3 Å². The van der Waals surface area contributed by atoms with Gasteiger partial charge < -0.3 is 10.8 Å². The lowest BCUT2D eigenvalue weighted by Gasteiger charge is -2.25. The second kappa shape index (κ2) is 7.03. The highest BCUT2D eigenvalue weighted by Gasteiger charge is 2.31. The van der Waals surface area contributed by atoms with Crippen molar-refractivity contribution in [2.75, 3.05) is 0 Å². The molecule has 8 nitrogen and oxygen atoms in total. The van der Waals surface area contributed by atoms with Crippen molar-refractivity contribution in [3.8, 4) is 0 Å². The Hall–Kier alpha value is -1.88. The van der Waals surface area contributed by atoms with Crippen LogP contribution < -0.4 is 0 Å². The molecule has 0 fully saturated rings. The maximum absolute atomic E-state index is 11.6. The molecule has 0 amide bonds. The van der Waals surface area contributed by atoms with Crippen molar-refractivity contribution in [2.45, 2.75) is 26.2 Å². The molecular weight excluding hydrogens is 380 g/mol. The molecular formula is C16H20N2O6S2. The minimum Gasteiger partial charge on any atom is -0.304 e. The molecule has 0 aromatic rings. The van der Waals surface area contributed by atoms with E-state index in [1.165, 1.54) is 12.2 Å². The van der Waals surface area contributed by atoms with Gasteiger partial charge in [-0.05, 0) is 12.3 Å². The largest absolute Gasteiger partial charge is 0.304 e. The standard InChI is InChI=1S/C16H20N2O6S2/c1-16(7-3-6-13(18)15(10-16)26(22,23)24)9-11-4-2-5-12(17)14(8-11)25(19,20)21/h2-4,7-8,10-11,17-18H,5-6,9H2,1H3,(H,19,20,21)(H,22,23,24). The Morgan fingerprint density at radius 2 is 1.58 bits per heavy atom. The molecule has 0 heterocycles. The first-order chi connectivity index (χ1) is 11.8. The minimum atomic E-state index is -4.57. The van der Waals surface area contributed by atoms with Gasteiger partial charge in [-0.25, -0.2) is 0 Å². The van der Waals surface area contributed by atoms with Gasteiger partial charge in [0.2, 0.25) is 0 Å². The zero-order valence-corrected chi connectivity index (χ0v) is 15.6. The van der Waals surface area contributed by atoms with Gasteiger partial charge in [0.1, 0.15) is 9.81 Å². The highest BCUT2D eigenvalue weighted by molar-refractivity contribution is 7.91. The normalized spacial score (nSPS) is 27.6. The van der Waals surface area contributed by atoms with Crippen molar-refractivity contribution < 1.29 is 25.9 Å². The Labute approximate surface area is 152 Å². The number of hydrogen-bond acceptors (Lipinski definition) is 6. The fourth-order valence-corrected chi connectivity index (χ4v) is 4.58. The van der Waals surface area contributed by atoms with Crippen molar-refractivity contribution in [1.29, 1.82) is 10.8 Å². The second-order valence-corrected chi connectivity index (χ2v) is 9.34. The van der Waals surface area contributed by atoms with Crippen LogP contribution in [0.25, 0.3) is 0 Å². The van der Waals surface area contributed by atoms with Crippen LogP contribution in [0.15, 0.2) is 46.3 Å². The summed E-state index contributed by atoms with van der Waals surface area (Å²) in [4.78, 5) is -0.949. The van der Waals surface area contributed by atoms with Crippen molar-refractivity contribution in [1.82, 2.24) is 0 Å². The Morgan fingerprint density at radius 3 is 2.15 bits per heavy atom. The lowest BCUT2D eigenvalue weighted by molar-refractivity contribution is 0.454. The quantitative estimate of drug-likeness (QED) is 0.419. The summed E-state index contributed by atoms with van der Waals surface area (Å²) in [5.74, 6) is -0.504. The minimum absolute atomic E-state index is 0.0402. The highest BCUT2D eigenvalue weighted by atomic mass is 32.2. The van der Waals surface area contributed by atoms with Gasteiger partial charge >= 0.3 is 0 Å². The Balaban J connectivity index is 2.47. The lowest BCUT2D eigenvalue weighted by atomic mass is 9.80. The molecule has 142 valence electrons. The predicted octanol–water partition coefficient (Wildman–Crippen LogP) is 2.50. The Morgan fingerprint density at radius 1 is 1.04 bits per heavy atom. The van der Waals surface area contributed by atoms with E-state index in [1.807, 2.05) is 0 Å². The molecule has 0 saturated heterocycles. The zero-order chi connectivity index (χ0) is 19.8. The summed E-state index contributed by atoms with van der Waals surface area (Å²) in [5.41, 5.74) is -1.36. The van der Waals surface area contributed by atoms with E-state index in [0.717, 1.165) is 0 Å². The molecule has 2 aliphatic rings. The number of nitrogens with one attached hydrogen (secondary N) is 2. The molecule has 0 saturated carbocycles. The second-order valence-electron chi connectivity index (χ2n) is 6.56. The van der Waals surface area contributed by atoms with Crippen LogP contribution in [0, 0.1) is 22.2 Å². The van der Waals surface area contributed by atoms with Gasteiger partial charge in [-0.3, -0.25) is 9.11 Å². The van der Waals surface area contributed by atoms with E-state index in [-0.39, 0.29) is 30.7 Å². The van der Waals surface area contributed by atoms with E-state index in [9.17, 15) is 25.9 Å². The van der Waals surface area contributed by atoms with Crippen LogP contribution in [0.2, 0.25) is 0 Å². The summed E-state index contributed by atoms with van der Waals surface area (Å²) in [6.07, 6.45) is 9.46. The number of allylic oxidation sites excluding steroid dienone is 8. The number of hydrogen-bond donors (Lipinski definition) is 4. The van der Waals surface area contributed by atoms with Crippen LogP contribution >= 0.6 is 0 Å². The van der Waals surface area contributed by atoms with E-state index >= 15 is 0 Å². The number of rotatable bonds is 4. The summed E-state index contributed by atoms with van der Waals surface area (Å²) in [6, 6.07) is 0. The van der Waals surface area contributed by atoms with Crippen molar-refractivity contribution in [3.63, 3.8) is 0 Å². The SMILES string of the molecule is CC1(CC2C=CCC(=N)C(S(=O)(=O)O)=C2)C=CCC(=N)C(S(=O)(=O)O)=C1. The zero-order valence-electron chi connectivity index (χ0n) is 14.0. The maximum Gasteiger partial charge on any atom is 0.296 e. The first-order valence-corrected chi connectivity index (χ1v) is 10.6. The molecule has 26 heavy (non-hydrogen) atoms. The Kier molecular flexibility index (Phi) is 5.52. The molecule has 0 spiro atoms. The Bertz CT molecular complexity index is 970. The average Bonchev–Trinajstić information content (AvgIpc) is 2.73. The molecule has 0 bridgehead atoms. The summed E-state index contributed by atoms with van der Waals surface area (Å²) in [6.45, 7) is 1.69. The van der Waals surface area contributed by atoms with Crippen LogP contribution in [0.1, 0.15) is 26.2 Å². The van der Waals surface area contributed by atoms with E-state index in [2.05, 4.69) is 0 Å². The fourth-order valence-electron chi connectivity index (χ4n) is 3.03. The molecule has 0 aromatic carbocycles. The highest BCUT2D eigenvalue weighted by Crippen LogP contribution is 2.36. The van der Waals surface area contributed by atoms with Gasteiger partial charge in [-0.2, -0.15) is 16.8 Å². The van der Waals surface area contributed by atoms with Gasteiger partial charge in [-0.1, -0.05) is 43.4 Å². The summed E-state index contributed by atoms with van der Waals surface area (Å²) in [5, 5.41) is 15.5. The first-order valence-electron chi connectivity index (χ1n) is 7.71. The first kappa shape index (κ1) is 20.4. The van der Waals surface area contributed by atoms with Gasteiger partial charge in [0.05, 0.1) is 11.4 Å². The van der Waals surface area contributed by atoms with E-state index < -0.39 is 41.4 Å². The summed E-state index contributed by atoms with van der Waals surface area (Å²) < 4.78 is 64.8. The maximum atomic E-state index is 11.6. The monoisotopic (exact) mass is 400 g/mol. The third-order valence-corrected chi connectivity index (χ3v) is 6.04. The van der Waals surface area contributed by atoms with Crippen molar-refractivity contribution >= 4 is 31.7 Å². The molecule has 2 unspecified atom stereocenters. The van der Waals surface area contributed by atoms with Gasteiger partial charge in [-0.15, -0.1) is 0 Å². The third kappa shape index (κ3) is 4.85. The van der Waals surface area contributed by atoms with Gasteiger partial charge in [0.25, 0.3) is 20.2 Å². The van der Waals surface area contributed by atoms with Gasteiger partial charge in [0.15, 0.2) is 0 Å². The molecule has 0 aromatic heterocycles. The lowest BCUT2D eigenvalue weighted by Crippen LogP contribution is -2.19. The fraction of sp³-hybridized carbons (Fsp3) is 0.375. The molecule has 0 aliphatic heterocycles. The molecule has 2 aliphatic carbocycles. The molecule has 0 radical (unpaired) electrons. The van der Waals surface area contributed by atoms with Crippen LogP contribution in [0.3, 0.4) is 0 Å². The van der Waals surface area contributed by atoms with E-state index in [0.29, 0.717) is 0 Å². The molecule has 2 atom stereocenters. The smallest absolute Gasteiger partial charge is 0.296 e. The van der Waals surface area contributed by atoms with Crippen LogP contribution in [-0.4, -0.2) is 37.4 Å². The molecule has 4 N–H and O–H groups in total. The third-order valence-electron chi connectivity index (χ3n) is 4.18. The molecule has 2 rings (SSSR count). The van der Waals surface area contributed by atoms with Crippen LogP contribution in [0.4, 0.5) is 0 Å². The van der Waals surface area contributed by atoms with Crippen molar-refractivity contribution in [2.24, 2.45) is 11.3 Å². The van der Waals surface area contributed by atoms with Gasteiger partial charge in [0, 0.05) is 18.3 Å². The van der Waals surface area contributed by atoms with Crippen LogP contribution in [-0.2, 0) is 20.2 Å².